The maximum atomic E-state index is 11.3. The first-order valence-electron chi connectivity index (χ1n) is 10.8. The number of carboxylic acid groups (broad SMARTS) is 1. The monoisotopic (exact) mass is 430 g/mol. The number of benzene rings is 2. The fraction of sp³-hybridized carbons (Fsp3) is 0.480. The molecule has 0 fully saturated rings. The molecule has 31 heavy (non-hydrogen) atoms. The highest BCUT2D eigenvalue weighted by atomic mass is 16.7. The van der Waals surface area contributed by atoms with Gasteiger partial charge in [0.05, 0.1) is 0 Å². The summed E-state index contributed by atoms with van der Waals surface area (Å²) in [6, 6.07) is 15.5. The van der Waals surface area contributed by atoms with Gasteiger partial charge in [0.25, 0.3) is 0 Å². The van der Waals surface area contributed by atoms with Crippen LogP contribution in [0.4, 0.5) is 0 Å². The lowest BCUT2D eigenvalue weighted by molar-refractivity contribution is -0.137. The molecule has 0 amide bonds. The number of aliphatic carboxylic acids is 1. The van der Waals surface area contributed by atoms with Gasteiger partial charge in [0.15, 0.2) is 12.6 Å². The Kier molecular flexibility index (Phi) is 9.34. The molecule has 0 heterocycles. The van der Waals surface area contributed by atoms with E-state index in [1.165, 1.54) is 0 Å². The Morgan fingerprint density at radius 3 is 1.55 bits per heavy atom. The highest BCUT2D eigenvalue weighted by molar-refractivity contribution is 5.67. The van der Waals surface area contributed by atoms with Crippen LogP contribution in [0.15, 0.2) is 48.5 Å². The minimum Gasteiger partial charge on any atom is -0.481 e. The number of carboxylic acids is 1. The molecule has 2 atom stereocenters. The van der Waals surface area contributed by atoms with E-state index in [-0.39, 0.29) is 19.0 Å². The van der Waals surface area contributed by atoms with Crippen molar-refractivity contribution in [2.24, 2.45) is 0 Å². The summed E-state index contributed by atoms with van der Waals surface area (Å²) in [5, 5.41) is 9.29. The summed E-state index contributed by atoms with van der Waals surface area (Å²) >= 11 is 0. The maximum absolute atomic E-state index is 11.3. The van der Waals surface area contributed by atoms with E-state index < -0.39 is 11.4 Å². The zero-order chi connectivity index (χ0) is 22.9. The second-order valence-electron chi connectivity index (χ2n) is 7.56. The van der Waals surface area contributed by atoms with Crippen LogP contribution in [-0.4, -0.2) is 36.9 Å². The predicted molar refractivity (Wildman–Crippen MR) is 120 cm³/mol. The lowest BCUT2D eigenvalue weighted by Gasteiger charge is -2.31. The molecule has 2 aromatic carbocycles. The van der Waals surface area contributed by atoms with Gasteiger partial charge in [-0.2, -0.15) is 0 Å². The molecule has 6 nitrogen and oxygen atoms in total. The lowest BCUT2D eigenvalue weighted by atomic mass is 9.73. The van der Waals surface area contributed by atoms with Crippen LogP contribution in [0.5, 0.6) is 11.5 Å². The molecule has 170 valence electrons. The zero-order valence-corrected chi connectivity index (χ0v) is 19.1. The Morgan fingerprint density at radius 1 is 0.839 bits per heavy atom. The second kappa shape index (κ2) is 11.7. The number of hydrogen-bond donors (Lipinski definition) is 1. The van der Waals surface area contributed by atoms with Gasteiger partial charge in [0.2, 0.25) is 0 Å². The summed E-state index contributed by atoms with van der Waals surface area (Å²) in [5.41, 5.74) is 1.55. The van der Waals surface area contributed by atoms with E-state index in [4.69, 9.17) is 18.9 Å². The summed E-state index contributed by atoms with van der Waals surface area (Å²) in [6.45, 7) is 10.8. The second-order valence-corrected chi connectivity index (χ2v) is 7.56. The molecular weight excluding hydrogens is 396 g/mol. The van der Waals surface area contributed by atoms with Gasteiger partial charge in [-0.05, 0) is 69.5 Å². The molecular formula is C25H34O6. The minimum absolute atomic E-state index is 0.0652. The van der Waals surface area contributed by atoms with Crippen molar-refractivity contribution in [3.8, 4) is 11.5 Å². The van der Waals surface area contributed by atoms with Crippen LogP contribution >= 0.6 is 0 Å². The summed E-state index contributed by atoms with van der Waals surface area (Å²) in [5.74, 6) is 0.597. The molecule has 0 aromatic heterocycles. The zero-order valence-electron chi connectivity index (χ0n) is 19.1. The molecule has 0 aliphatic carbocycles. The van der Waals surface area contributed by atoms with E-state index >= 15 is 0 Å². The Labute approximate surface area is 185 Å². The first-order chi connectivity index (χ1) is 14.8. The molecule has 0 bridgehead atoms. The average Bonchev–Trinajstić information content (AvgIpc) is 2.73. The van der Waals surface area contributed by atoms with Crippen LogP contribution in [0, 0.1) is 0 Å². The third-order valence-electron chi connectivity index (χ3n) is 5.23. The van der Waals surface area contributed by atoms with Crippen molar-refractivity contribution in [1.29, 1.82) is 0 Å². The number of rotatable bonds is 13. The third-order valence-corrected chi connectivity index (χ3v) is 5.23. The third kappa shape index (κ3) is 7.26. The molecule has 0 aliphatic heterocycles. The summed E-state index contributed by atoms with van der Waals surface area (Å²) < 4.78 is 22.4. The van der Waals surface area contributed by atoms with Crippen LogP contribution in [-0.2, 0) is 19.7 Å². The maximum Gasteiger partial charge on any atom is 0.303 e. The largest absolute Gasteiger partial charge is 0.481 e. The van der Waals surface area contributed by atoms with E-state index in [9.17, 15) is 9.90 Å². The Balaban J connectivity index is 2.26. The van der Waals surface area contributed by atoms with Gasteiger partial charge in [0, 0.05) is 25.0 Å². The van der Waals surface area contributed by atoms with Crippen molar-refractivity contribution in [3.63, 3.8) is 0 Å². The molecule has 2 aromatic rings. The smallest absolute Gasteiger partial charge is 0.303 e. The molecule has 0 saturated carbocycles. The molecule has 1 N–H and O–H groups in total. The van der Waals surface area contributed by atoms with Crippen molar-refractivity contribution >= 4 is 5.97 Å². The van der Waals surface area contributed by atoms with E-state index in [1.807, 2.05) is 76.2 Å². The van der Waals surface area contributed by atoms with Crippen molar-refractivity contribution in [2.45, 2.75) is 65.5 Å². The normalized spacial score (nSPS) is 15.0. The van der Waals surface area contributed by atoms with Gasteiger partial charge in [0.1, 0.15) is 11.5 Å². The lowest BCUT2D eigenvalue weighted by Crippen LogP contribution is -2.25. The molecule has 0 saturated heterocycles. The fourth-order valence-electron chi connectivity index (χ4n) is 3.54. The highest BCUT2D eigenvalue weighted by Gasteiger charge is 2.30. The summed E-state index contributed by atoms with van der Waals surface area (Å²) in [6.07, 6.45) is -0.134. The average molecular weight is 431 g/mol. The van der Waals surface area contributed by atoms with Crippen molar-refractivity contribution in [2.75, 3.05) is 13.2 Å². The molecule has 0 radical (unpaired) electrons. The Hall–Kier alpha value is -2.57. The quantitative estimate of drug-likeness (QED) is 0.430. The van der Waals surface area contributed by atoms with Gasteiger partial charge in [-0.15, -0.1) is 0 Å². The Bertz CT molecular complexity index is 742. The van der Waals surface area contributed by atoms with Crippen LogP contribution in [0.1, 0.15) is 58.6 Å². The summed E-state index contributed by atoms with van der Waals surface area (Å²) in [7, 11) is 0. The molecule has 2 unspecified atom stereocenters. The molecule has 0 spiro atoms. The van der Waals surface area contributed by atoms with Gasteiger partial charge < -0.3 is 24.1 Å². The van der Waals surface area contributed by atoms with Gasteiger partial charge in [-0.1, -0.05) is 31.2 Å². The van der Waals surface area contributed by atoms with E-state index in [2.05, 4.69) is 6.92 Å². The van der Waals surface area contributed by atoms with Gasteiger partial charge >= 0.3 is 5.97 Å². The SMILES string of the molecule is CCOC(C)Oc1ccc(C(C)(CCC(=O)O)c2ccc(OC(C)OCC)cc2)cc1. The first-order valence-corrected chi connectivity index (χ1v) is 10.8. The molecule has 6 heteroatoms. The molecule has 2 rings (SSSR count). The van der Waals surface area contributed by atoms with Crippen LogP contribution in [0.25, 0.3) is 0 Å². The van der Waals surface area contributed by atoms with Crippen LogP contribution in [0.2, 0.25) is 0 Å². The fourth-order valence-corrected chi connectivity index (χ4v) is 3.54. The highest BCUT2D eigenvalue weighted by Crippen LogP contribution is 2.38. The first kappa shape index (κ1) is 24.7. The number of carbonyl (C=O) groups is 1. The van der Waals surface area contributed by atoms with Crippen molar-refractivity contribution < 1.29 is 28.8 Å². The van der Waals surface area contributed by atoms with Gasteiger partial charge in [-0.3, -0.25) is 4.79 Å². The van der Waals surface area contributed by atoms with E-state index in [0.717, 1.165) is 11.1 Å². The number of ether oxygens (including phenoxy) is 4. The van der Waals surface area contributed by atoms with Gasteiger partial charge in [-0.25, -0.2) is 0 Å². The van der Waals surface area contributed by atoms with Crippen molar-refractivity contribution in [3.05, 3.63) is 59.7 Å². The van der Waals surface area contributed by atoms with Crippen LogP contribution in [0.3, 0.4) is 0 Å². The topological polar surface area (TPSA) is 74.2 Å². The van der Waals surface area contributed by atoms with Crippen molar-refractivity contribution in [1.82, 2.24) is 0 Å². The van der Waals surface area contributed by atoms with E-state index in [1.54, 1.807) is 0 Å². The van der Waals surface area contributed by atoms with Crippen LogP contribution < -0.4 is 9.47 Å². The standard InChI is InChI=1S/C25H34O6/c1-6-28-18(3)30-22-12-8-20(9-13-22)25(5,17-16-24(26)27)21-10-14-23(15-11-21)31-19(4)29-7-2/h8-15,18-19H,6-7,16-17H2,1-5H3,(H,26,27). The Morgan fingerprint density at radius 2 is 1.23 bits per heavy atom. The number of hydrogen-bond acceptors (Lipinski definition) is 5. The molecule has 0 aliphatic rings. The summed E-state index contributed by atoms with van der Waals surface area (Å²) in [4.78, 5) is 11.3. The minimum atomic E-state index is -0.817. The van der Waals surface area contributed by atoms with E-state index in [0.29, 0.717) is 31.1 Å². The predicted octanol–water partition coefficient (Wildman–Crippen LogP) is 5.38.